The molecular weight excluding hydrogens is 295 g/mol. The average molecular weight is 314 g/mol. The summed E-state index contributed by atoms with van der Waals surface area (Å²) in [4.78, 5) is 17.8. The number of rotatable bonds is 5. The molecule has 0 saturated carbocycles. The number of carboxylic acids is 1. The van der Waals surface area contributed by atoms with E-state index in [0.717, 1.165) is 12.1 Å². The van der Waals surface area contributed by atoms with E-state index in [-0.39, 0.29) is 11.9 Å². The molecule has 1 aliphatic rings. The number of halogens is 1. The smallest absolute Gasteiger partial charge is 0.320 e. The topological polar surface area (TPSA) is 53.4 Å². The van der Waals surface area contributed by atoms with Crippen molar-refractivity contribution < 1.29 is 14.3 Å². The number of hydrogen-bond donors (Lipinski definition) is 1. The van der Waals surface area contributed by atoms with E-state index in [1.165, 1.54) is 6.07 Å². The van der Waals surface area contributed by atoms with Crippen molar-refractivity contribution >= 4 is 5.97 Å². The van der Waals surface area contributed by atoms with Crippen molar-refractivity contribution in [2.45, 2.75) is 31.3 Å². The number of carbonyl (C=O) groups is 1. The second-order valence-electron chi connectivity index (χ2n) is 5.80. The molecule has 2 unspecified atom stereocenters. The second kappa shape index (κ2) is 6.87. The minimum absolute atomic E-state index is 0.301. The van der Waals surface area contributed by atoms with Crippen LogP contribution in [-0.2, 0) is 11.2 Å². The van der Waals surface area contributed by atoms with Gasteiger partial charge in [0.05, 0.1) is 0 Å². The highest BCUT2D eigenvalue weighted by Crippen LogP contribution is 2.33. The lowest BCUT2D eigenvalue weighted by Crippen LogP contribution is -2.40. The van der Waals surface area contributed by atoms with Gasteiger partial charge in [0, 0.05) is 29.9 Å². The quantitative estimate of drug-likeness (QED) is 0.921. The fraction of sp³-hybridized carbons (Fsp3) is 0.333. The molecule has 2 aromatic rings. The van der Waals surface area contributed by atoms with E-state index in [1.54, 1.807) is 24.4 Å². The Labute approximate surface area is 134 Å². The van der Waals surface area contributed by atoms with Gasteiger partial charge in [0.25, 0.3) is 0 Å². The molecule has 120 valence electrons. The summed E-state index contributed by atoms with van der Waals surface area (Å²) in [6.45, 7) is 0.656. The highest BCUT2D eigenvalue weighted by Gasteiger charge is 2.37. The number of aliphatic carboxylic acids is 1. The van der Waals surface area contributed by atoms with Crippen LogP contribution >= 0.6 is 0 Å². The number of carboxylic acid groups (broad SMARTS) is 1. The summed E-state index contributed by atoms with van der Waals surface area (Å²) in [5, 5.41) is 9.46. The monoisotopic (exact) mass is 314 g/mol. The molecule has 4 nitrogen and oxygen atoms in total. The zero-order chi connectivity index (χ0) is 16.2. The Hall–Kier alpha value is -2.27. The number of nitrogens with zero attached hydrogens (tertiary/aromatic N) is 2. The molecule has 23 heavy (non-hydrogen) atoms. The van der Waals surface area contributed by atoms with Gasteiger partial charge in [-0.1, -0.05) is 24.3 Å². The van der Waals surface area contributed by atoms with Crippen LogP contribution in [0.1, 0.15) is 30.1 Å². The second-order valence-corrected chi connectivity index (χ2v) is 5.80. The summed E-state index contributed by atoms with van der Waals surface area (Å²) in [5.74, 6) is -1.14. The molecule has 0 spiro atoms. The molecule has 0 bridgehead atoms. The van der Waals surface area contributed by atoms with E-state index in [4.69, 9.17) is 0 Å². The molecular formula is C18H19FN2O2. The summed E-state index contributed by atoms with van der Waals surface area (Å²) >= 11 is 0. The molecule has 2 atom stereocenters. The zero-order valence-electron chi connectivity index (χ0n) is 12.7. The summed E-state index contributed by atoms with van der Waals surface area (Å²) < 4.78 is 14.3. The van der Waals surface area contributed by atoms with Crippen LogP contribution in [0.4, 0.5) is 4.39 Å². The van der Waals surface area contributed by atoms with Crippen molar-refractivity contribution in [1.29, 1.82) is 0 Å². The van der Waals surface area contributed by atoms with Gasteiger partial charge in [-0.25, -0.2) is 4.39 Å². The van der Waals surface area contributed by atoms with Crippen LogP contribution < -0.4 is 0 Å². The summed E-state index contributed by atoms with van der Waals surface area (Å²) in [6.07, 6.45) is 3.60. The lowest BCUT2D eigenvalue weighted by atomic mass is 9.98. The van der Waals surface area contributed by atoms with Gasteiger partial charge in [-0.05, 0) is 37.6 Å². The molecule has 2 heterocycles. The van der Waals surface area contributed by atoms with Crippen LogP contribution in [-0.4, -0.2) is 33.5 Å². The number of pyridine rings is 1. The Bertz CT molecular complexity index is 678. The van der Waals surface area contributed by atoms with Gasteiger partial charge in [-0.2, -0.15) is 0 Å². The van der Waals surface area contributed by atoms with Crippen LogP contribution in [0.5, 0.6) is 0 Å². The van der Waals surface area contributed by atoms with Gasteiger partial charge in [-0.15, -0.1) is 0 Å². The zero-order valence-corrected chi connectivity index (χ0v) is 12.7. The molecule has 1 aliphatic heterocycles. The Balaban J connectivity index is 1.96. The van der Waals surface area contributed by atoms with Gasteiger partial charge < -0.3 is 5.11 Å². The predicted molar refractivity (Wildman–Crippen MR) is 84.4 cm³/mol. The fourth-order valence-electron chi connectivity index (χ4n) is 3.30. The third kappa shape index (κ3) is 3.40. The Morgan fingerprint density at radius 2 is 2.09 bits per heavy atom. The fourth-order valence-corrected chi connectivity index (χ4v) is 3.30. The van der Waals surface area contributed by atoms with Gasteiger partial charge in [0.2, 0.25) is 0 Å². The number of likely N-dealkylation sites (tertiary alicyclic amines) is 1. The van der Waals surface area contributed by atoms with Crippen LogP contribution in [0.25, 0.3) is 0 Å². The lowest BCUT2D eigenvalue weighted by Gasteiger charge is -2.31. The van der Waals surface area contributed by atoms with Gasteiger partial charge in [0.1, 0.15) is 11.9 Å². The average Bonchev–Trinajstić information content (AvgIpc) is 3.04. The Morgan fingerprint density at radius 1 is 1.30 bits per heavy atom. The van der Waals surface area contributed by atoms with Crippen LogP contribution in [0, 0.1) is 5.82 Å². The van der Waals surface area contributed by atoms with E-state index in [2.05, 4.69) is 4.98 Å². The lowest BCUT2D eigenvalue weighted by molar-refractivity contribution is -0.143. The Morgan fingerprint density at radius 3 is 2.78 bits per heavy atom. The number of hydrogen-bond acceptors (Lipinski definition) is 3. The third-order valence-corrected chi connectivity index (χ3v) is 4.37. The minimum Gasteiger partial charge on any atom is -0.480 e. The summed E-state index contributed by atoms with van der Waals surface area (Å²) in [6, 6.07) is 11.3. The van der Waals surface area contributed by atoms with E-state index in [0.29, 0.717) is 24.9 Å². The first kappa shape index (κ1) is 15.6. The molecule has 1 N–H and O–H groups in total. The van der Waals surface area contributed by atoms with Crippen molar-refractivity contribution in [3.63, 3.8) is 0 Å². The van der Waals surface area contributed by atoms with Crippen LogP contribution in [0.2, 0.25) is 0 Å². The molecule has 1 fully saturated rings. The van der Waals surface area contributed by atoms with E-state index in [1.807, 2.05) is 23.1 Å². The molecule has 0 amide bonds. The van der Waals surface area contributed by atoms with Crippen molar-refractivity contribution in [3.8, 4) is 0 Å². The maximum atomic E-state index is 14.3. The Kier molecular flexibility index (Phi) is 4.67. The largest absolute Gasteiger partial charge is 0.480 e. The molecule has 3 rings (SSSR count). The first-order valence-corrected chi connectivity index (χ1v) is 7.79. The molecule has 1 aromatic carbocycles. The van der Waals surface area contributed by atoms with E-state index >= 15 is 0 Å². The van der Waals surface area contributed by atoms with Gasteiger partial charge in [-0.3, -0.25) is 14.7 Å². The SMILES string of the molecule is O=C(O)C1CCCN1C(Cc1ccccn1)c1ccccc1F. The highest BCUT2D eigenvalue weighted by molar-refractivity contribution is 5.74. The molecule has 1 saturated heterocycles. The first-order chi connectivity index (χ1) is 11.2. The first-order valence-electron chi connectivity index (χ1n) is 7.79. The molecule has 5 heteroatoms. The van der Waals surface area contributed by atoms with Crippen LogP contribution in [0.3, 0.4) is 0 Å². The maximum absolute atomic E-state index is 14.3. The number of aromatic nitrogens is 1. The van der Waals surface area contributed by atoms with E-state index in [9.17, 15) is 14.3 Å². The van der Waals surface area contributed by atoms with E-state index < -0.39 is 12.0 Å². The van der Waals surface area contributed by atoms with Gasteiger partial charge >= 0.3 is 5.97 Å². The minimum atomic E-state index is -0.843. The third-order valence-electron chi connectivity index (χ3n) is 4.37. The van der Waals surface area contributed by atoms with Gasteiger partial charge in [0.15, 0.2) is 0 Å². The highest BCUT2D eigenvalue weighted by atomic mass is 19.1. The standard InChI is InChI=1S/C18H19FN2O2/c19-15-8-2-1-7-14(15)17(12-13-6-3-4-10-20-13)21-11-5-9-16(21)18(22)23/h1-4,6-8,10,16-17H,5,9,11-12H2,(H,22,23). The van der Waals surface area contributed by atoms with Crippen molar-refractivity contribution in [3.05, 3.63) is 65.7 Å². The summed E-state index contributed by atoms with van der Waals surface area (Å²) in [7, 11) is 0. The number of benzene rings is 1. The normalized spacial score (nSPS) is 19.6. The van der Waals surface area contributed by atoms with Crippen LogP contribution in [0.15, 0.2) is 48.7 Å². The maximum Gasteiger partial charge on any atom is 0.320 e. The predicted octanol–water partition coefficient (Wildman–Crippen LogP) is 3.05. The molecule has 0 aliphatic carbocycles. The molecule has 0 radical (unpaired) electrons. The van der Waals surface area contributed by atoms with Crippen molar-refractivity contribution in [1.82, 2.24) is 9.88 Å². The van der Waals surface area contributed by atoms with Crippen molar-refractivity contribution in [2.75, 3.05) is 6.54 Å². The summed E-state index contributed by atoms with van der Waals surface area (Å²) in [5.41, 5.74) is 1.36. The molecule has 1 aromatic heterocycles. The van der Waals surface area contributed by atoms with Crippen molar-refractivity contribution in [2.24, 2.45) is 0 Å².